The van der Waals surface area contributed by atoms with Crippen LogP contribution in [0.3, 0.4) is 0 Å². The maximum Gasteiger partial charge on any atom is 0.0972 e. The summed E-state index contributed by atoms with van der Waals surface area (Å²) in [6, 6.07) is 72.5. The quantitative estimate of drug-likeness (QED) is 0.160. The standard InChI is InChI=1S/C53H34N4/c1-5-16-35(17-6-1)46-32-30-37-28-29-38-31-33-47(55-52(38)51(37)54-46)44-34-45-49(42-25-14-13-24-41(42)44)43-26-15-27-48(53(43)56-50(45)36-18-7-2-8-19-36)57(39-20-9-3-10-21-39)40-22-11-4-12-23-40/h1-34H. The third-order valence-corrected chi connectivity index (χ3v) is 11.0. The van der Waals surface area contributed by atoms with Gasteiger partial charge in [-0.05, 0) is 59.3 Å². The molecule has 0 aliphatic carbocycles. The second-order valence-electron chi connectivity index (χ2n) is 14.4. The van der Waals surface area contributed by atoms with Gasteiger partial charge < -0.3 is 4.90 Å². The number of nitrogens with zero attached hydrogens (tertiary/aromatic N) is 4. The van der Waals surface area contributed by atoms with Crippen LogP contribution < -0.4 is 4.90 Å². The largest absolute Gasteiger partial charge is 0.308 e. The summed E-state index contributed by atoms with van der Waals surface area (Å²) in [5.74, 6) is 0. The lowest BCUT2D eigenvalue weighted by Crippen LogP contribution is -2.11. The molecule has 3 heterocycles. The fourth-order valence-corrected chi connectivity index (χ4v) is 8.35. The molecule has 57 heavy (non-hydrogen) atoms. The summed E-state index contributed by atoms with van der Waals surface area (Å²) >= 11 is 0. The molecule has 0 radical (unpaired) electrons. The zero-order valence-electron chi connectivity index (χ0n) is 30.9. The van der Waals surface area contributed by atoms with Crippen LogP contribution in [0.25, 0.3) is 88.0 Å². The van der Waals surface area contributed by atoms with Gasteiger partial charge in [-0.15, -0.1) is 0 Å². The van der Waals surface area contributed by atoms with Gasteiger partial charge in [0.05, 0.1) is 39.3 Å². The molecule has 0 spiro atoms. The number of para-hydroxylation sites is 3. The predicted octanol–water partition coefficient (Wildman–Crippen LogP) is 14.1. The maximum absolute atomic E-state index is 5.64. The van der Waals surface area contributed by atoms with E-state index in [2.05, 4.69) is 205 Å². The van der Waals surface area contributed by atoms with Crippen LogP contribution in [0.1, 0.15) is 0 Å². The molecule has 11 aromatic rings. The Hall–Kier alpha value is -7.69. The molecule has 0 unspecified atom stereocenters. The SMILES string of the molecule is c1ccc(-c2ccc3ccc4ccc(-c5cc6c(-c7ccccc7)nc7c(N(c8ccccc8)c8ccccc8)cccc7c6c6ccccc56)nc4c3n2)cc1. The molecule has 0 saturated heterocycles. The minimum atomic E-state index is 0.887. The molecule has 0 N–H and O–H groups in total. The number of rotatable bonds is 6. The first-order valence-corrected chi connectivity index (χ1v) is 19.3. The van der Waals surface area contributed by atoms with Crippen molar-refractivity contribution in [3.63, 3.8) is 0 Å². The molecule has 4 heteroatoms. The second-order valence-corrected chi connectivity index (χ2v) is 14.4. The highest BCUT2D eigenvalue weighted by Gasteiger charge is 2.22. The lowest BCUT2D eigenvalue weighted by atomic mass is 9.90. The molecule has 4 nitrogen and oxygen atoms in total. The van der Waals surface area contributed by atoms with E-state index in [-0.39, 0.29) is 0 Å². The van der Waals surface area contributed by atoms with Crippen LogP contribution >= 0.6 is 0 Å². The molecule has 3 aromatic heterocycles. The van der Waals surface area contributed by atoms with Crippen molar-refractivity contribution in [2.75, 3.05) is 4.90 Å². The Morgan fingerprint density at radius 3 is 1.49 bits per heavy atom. The molecule has 0 saturated carbocycles. The molecule has 266 valence electrons. The predicted molar refractivity (Wildman–Crippen MR) is 238 cm³/mol. The van der Waals surface area contributed by atoms with Crippen molar-refractivity contribution < 1.29 is 0 Å². The van der Waals surface area contributed by atoms with Gasteiger partial charge in [-0.2, -0.15) is 0 Å². The normalized spacial score (nSPS) is 11.5. The van der Waals surface area contributed by atoms with E-state index in [0.717, 1.165) is 99.7 Å². The van der Waals surface area contributed by atoms with Gasteiger partial charge in [0.1, 0.15) is 0 Å². The Kier molecular flexibility index (Phi) is 7.78. The topological polar surface area (TPSA) is 41.9 Å². The molecule has 0 amide bonds. The first-order chi connectivity index (χ1) is 28.3. The van der Waals surface area contributed by atoms with Crippen LogP contribution in [-0.4, -0.2) is 15.0 Å². The van der Waals surface area contributed by atoms with Crippen LogP contribution in [0.15, 0.2) is 206 Å². The molecule has 0 fully saturated rings. The third kappa shape index (κ3) is 5.58. The average molecular weight is 727 g/mol. The zero-order valence-corrected chi connectivity index (χ0v) is 30.9. The molecular formula is C53H34N4. The van der Waals surface area contributed by atoms with Gasteiger partial charge in [0, 0.05) is 55.0 Å². The number of anilines is 3. The highest BCUT2D eigenvalue weighted by atomic mass is 15.1. The summed E-state index contributed by atoms with van der Waals surface area (Å²) in [7, 11) is 0. The van der Waals surface area contributed by atoms with E-state index in [4.69, 9.17) is 15.0 Å². The highest BCUT2D eigenvalue weighted by Crippen LogP contribution is 2.45. The molecule has 0 atom stereocenters. The lowest BCUT2D eigenvalue weighted by Gasteiger charge is -2.27. The second kappa shape index (κ2) is 13.6. The summed E-state index contributed by atoms with van der Waals surface area (Å²) in [4.78, 5) is 18.6. The number of hydrogen-bond acceptors (Lipinski definition) is 4. The Balaban J connectivity index is 1.21. The van der Waals surface area contributed by atoms with E-state index in [0.29, 0.717) is 0 Å². The van der Waals surface area contributed by atoms with Crippen molar-refractivity contribution in [1.29, 1.82) is 0 Å². The number of benzene rings is 8. The Morgan fingerprint density at radius 1 is 0.333 bits per heavy atom. The summed E-state index contributed by atoms with van der Waals surface area (Å²) in [6.45, 7) is 0. The molecule has 11 rings (SSSR count). The fraction of sp³-hybridized carbons (Fsp3) is 0. The van der Waals surface area contributed by atoms with E-state index < -0.39 is 0 Å². The summed E-state index contributed by atoms with van der Waals surface area (Å²) in [6.07, 6.45) is 0. The van der Waals surface area contributed by atoms with Crippen molar-refractivity contribution >= 4 is 71.3 Å². The summed E-state index contributed by atoms with van der Waals surface area (Å²) < 4.78 is 0. The average Bonchev–Trinajstić information content (AvgIpc) is 3.29. The monoisotopic (exact) mass is 726 g/mol. The van der Waals surface area contributed by atoms with Crippen LogP contribution in [-0.2, 0) is 0 Å². The molecule has 0 bridgehead atoms. The van der Waals surface area contributed by atoms with Gasteiger partial charge >= 0.3 is 0 Å². The van der Waals surface area contributed by atoms with Crippen molar-refractivity contribution in [3.05, 3.63) is 206 Å². The van der Waals surface area contributed by atoms with Crippen molar-refractivity contribution in [1.82, 2.24) is 15.0 Å². The first kappa shape index (κ1) is 32.7. The van der Waals surface area contributed by atoms with E-state index in [1.165, 1.54) is 5.39 Å². The number of pyridine rings is 3. The van der Waals surface area contributed by atoms with Crippen LogP contribution in [0.2, 0.25) is 0 Å². The molecule has 0 aliphatic rings. The summed E-state index contributed by atoms with van der Waals surface area (Å²) in [5.41, 5.74) is 11.8. The van der Waals surface area contributed by atoms with Crippen molar-refractivity contribution in [2.45, 2.75) is 0 Å². The Labute approximate surface area is 330 Å². The van der Waals surface area contributed by atoms with Gasteiger partial charge in [0.2, 0.25) is 0 Å². The van der Waals surface area contributed by atoms with Gasteiger partial charge in [0.15, 0.2) is 0 Å². The Morgan fingerprint density at radius 2 is 0.842 bits per heavy atom. The minimum Gasteiger partial charge on any atom is -0.308 e. The smallest absolute Gasteiger partial charge is 0.0972 e. The van der Waals surface area contributed by atoms with Gasteiger partial charge in [0.25, 0.3) is 0 Å². The highest BCUT2D eigenvalue weighted by molar-refractivity contribution is 6.26. The molecule has 0 aliphatic heterocycles. The number of hydrogen-bond donors (Lipinski definition) is 0. The van der Waals surface area contributed by atoms with E-state index in [1.807, 2.05) is 6.07 Å². The van der Waals surface area contributed by atoms with Crippen LogP contribution in [0.4, 0.5) is 17.1 Å². The maximum atomic E-state index is 5.64. The lowest BCUT2D eigenvalue weighted by molar-refractivity contribution is 1.28. The third-order valence-electron chi connectivity index (χ3n) is 11.0. The molecular weight excluding hydrogens is 693 g/mol. The van der Waals surface area contributed by atoms with E-state index in [1.54, 1.807) is 0 Å². The first-order valence-electron chi connectivity index (χ1n) is 19.3. The summed E-state index contributed by atoms with van der Waals surface area (Å²) in [5, 5.41) is 7.75. The van der Waals surface area contributed by atoms with E-state index in [9.17, 15) is 0 Å². The molecule has 8 aromatic carbocycles. The fourth-order valence-electron chi connectivity index (χ4n) is 8.35. The van der Waals surface area contributed by atoms with Crippen LogP contribution in [0, 0.1) is 0 Å². The van der Waals surface area contributed by atoms with Gasteiger partial charge in [-0.1, -0.05) is 158 Å². The zero-order chi connectivity index (χ0) is 37.7. The number of fused-ring (bicyclic) bond motifs is 8. The van der Waals surface area contributed by atoms with Crippen molar-refractivity contribution in [2.24, 2.45) is 0 Å². The van der Waals surface area contributed by atoms with Gasteiger partial charge in [-0.3, -0.25) is 0 Å². The Bertz CT molecular complexity index is 3240. The van der Waals surface area contributed by atoms with Gasteiger partial charge in [-0.25, -0.2) is 15.0 Å². The van der Waals surface area contributed by atoms with Crippen LogP contribution in [0.5, 0.6) is 0 Å². The number of aromatic nitrogens is 3. The minimum absolute atomic E-state index is 0.887. The van der Waals surface area contributed by atoms with Crippen molar-refractivity contribution in [3.8, 4) is 33.8 Å². The van der Waals surface area contributed by atoms with E-state index >= 15 is 0 Å².